The smallest absolute Gasteiger partial charge is 0.258 e. The van der Waals surface area contributed by atoms with Gasteiger partial charge in [-0.15, -0.1) is 0 Å². The average Bonchev–Trinajstić information content (AvgIpc) is 2.97. The maximum absolute atomic E-state index is 12.6. The molecule has 1 amide bonds. The number of carbonyl (C=O) groups excluding carboxylic acids is 1. The molecule has 0 saturated carbocycles. The number of nitrogens with one attached hydrogen (secondary N) is 1. The largest absolute Gasteiger partial charge is 0.304 e. The third-order valence-corrected chi connectivity index (χ3v) is 4.44. The van der Waals surface area contributed by atoms with Gasteiger partial charge in [0, 0.05) is 24.3 Å². The van der Waals surface area contributed by atoms with Crippen molar-refractivity contribution in [2.24, 2.45) is 5.92 Å². The van der Waals surface area contributed by atoms with Crippen LogP contribution >= 0.6 is 0 Å². The van der Waals surface area contributed by atoms with Crippen molar-refractivity contribution >= 4 is 33.7 Å². The summed E-state index contributed by atoms with van der Waals surface area (Å²) in [5.41, 5.74) is 3.35. The van der Waals surface area contributed by atoms with Crippen LogP contribution in [0.15, 0.2) is 48.8 Å². The number of anilines is 1. The van der Waals surface area contributed by atoms with Crippen molar-refractivity contribution in [3.8, 4) is 0 Å². The monoisotopic (exact) mass is 359 g/mol. The van der Waals surface area contributed by atoms with Crippen molar-refractivity contribution in [3.63, 3.8) is 0 Å². The zero-order chi connectivity index (χ0) is 19.0. The molecule has 3 aromatic heterocycles. The van der Waals surface area contributed by atoms with Gasteiger partial charge in [-0.25, -0.2) is 9.67 Å². The van der Waals surface area contributed by atoms with Crippen LogP contribution in [0.5, 0.6) is 0 Å². The molecule has 6 nitrogen and oxygen atoms in total. The fraction of sp³-hybridized carbons (Fsp3) is 0.238. The Morgan fingerprint density at radius 2 is 2.07 bits per heavy atom. The van der Waals surface area contributed by atoms with Gasteiger partial charge in [-0.05, 0) is 36.6 Å². The Kier molecular flexibility index (Phi) is 4.32. The molecule has 0 aliphatic carbocycles. The lowest BCUT2D eigenvalue weighted by Crippen LogP contribution is -2.13. The first kappa shape index (κ1) is 17.1. The maximum Gasteiger partial charge on any atom is 0.258 e. The molecule has 1 aromatic carbocycles. The molecule has 6 heteroatoms. The normalized spacial score (nSPS) is 11.4. The quantitative estimate of drug-likeness (QED) is 0.593. The summed E-state index contributed by atoms with van der Waals surface area (Å²) in [4.78, 5) is 21.5. The van der Waals surface area contributed by atoms with Gasteiger partial charge in [0.1, 0.15) is 0 Å². The topological polar surface area (TPSA) is 72.7 Å². The van der Waals surface area contributed by atoms with Crippen LogP contribution in [-0.4, -0.2) is 25.7 Å². The fourth-order valence-electron chi connectivity index (χ4n) is 3.17. The Morgan fingerprint density at radius 1 is 1.22 bits per heavy atom. The number of nitrogens with zero attached hydrogens (tertiary/aromatic N) is 4. The molecule has 0 bridgehead atoms. The van der Waals surface area contributed by atoms with Crippen molar-refractivity contribution < 1.29 is 4.79 Å². The zero-order valence-corrected chi connectivity index (χ0v) is 15.6. The maximum atomic E-state index is 12.6. The fourth-order valence-corrected chi connectivity index (χ4v) is 3.17. The van der Waals surface area contributed by atoms with E-state index in [9.17, 15) is 4.79 Å². The number of rotatable bonds is 4. The first-order valence-electron chi connectivity index (χ1n) is 9.01. The molecule has 0 radical (unpaired) electrons. The molecule has 0 fully saturated rings. The third-order valence-electron chi connectivity index (χ3n) is 4.44. The lowest BCUT2D eigenvalue weighted by atomic mass is 10.1. The van der Waals surface area contributed by atoms with Gasteiger partial charge >= 0.3 is 0 Å². The van der Waals surface area contributed by atoms with E-state index in [0.29, 0.717) is 17.3 Å². The second-order valence-corrected chi connectivity index (χ2v) is 7.13. The van der Waals surface area contributed by atoms with Crippen molar-refractivity contribution in [1.29, 1.82) is 0 Å². The molecule has 4 rings (SSSR count). The number of para-hydroxylation sites is 1. The van der Waals surface area contributed by atoms with E-state index in [2.05, 4.69) is 42.2 Å². The van der Waals surface area contributed by atoms with E-state index in [1.807, 2.05) is 22.9 Å². The van der Waals surface area contributed by atoms with Gasteiger partial charge in [0.05, 0.1) is 16.5 Å². The minimum Gasteiger partial charge on any atom is -0.304 e. The Hall–Kier alpha value is -3.28. The first-order chi connectivity index (χ1) is 13.0. The highest BCUT2D eigenvalue weighted by Gasteiger charge is 2.17. The van der Waals surface area contributed by atoms with Crippen LogP contribution in [0.25, 0.3) is 21.9 Å². The van der Waals surface area contributed by atoms with Crippen molar-refractivity contribution in [2.75, 3.05) is 5.32 Å². The third kappa shape index (κ3) is 3.26. The average molecular weight is 359 g/mol. The summed E-state index contributed by atoms with van der Waals surface area (Å²) in [5.74, 6) is 0.697. The van der Waals surface area contributed by atoms with E-state index in [1.54, 1.807) is 24.5 Å². The molecule has 0 aliphatic rings. The first-order valence-corrected chi connectivity index (χ1v) is 9.01. The van der Waals surface area contributed by atoms with Crippen LogP contribution in [0, 0.1) is 12.8 Å². The van der Waals surface area contributed by atoms with Gasteiger partial charge in [0.25, 0.3) is 5.91 Å². The molecule has 0 saturated heterocycles. The van der Waals surface area contributed by atoms with Gasteiger partial charge < -0.3 is 5.32 Å². The van der Waals surface area contributed by atoms with Crippen LogP contribution in [0.1, 0.15) is 29.8 Å². The van der Waals surface area contributed by atoms with E-state index >= 15 is 0 Å². The highest BCUT2D eigenvalue weighted by atomic mass is 16.1. The summed E-state index contributed by atoms with van der Waals surface area (Å²) in [7, 11) is 0. The Bertz CT molecular complexity index is 1130. The lowest BCUT2D eigenvalue weighted by molar-refractivity contribution is 0.102. The van der Waals surface area contributed by atoms with E-state index in [0.717, 1.165) is 34.0 Å². The second kappa shape index (κ2) is 6.79. The minimum absolute atomic E-state index is 0.233. The summed E-state index contributed by atoms with van der Waals surface area (Å²) >= 11 is 0. The van der Waals surface area contributed by atoms with Gasteiger partial charge in [0.2, 0.25) is 0 Å². The van der Waals surface area contributed by atoms with Gasteiger partial charge in [-0.3, -0.25) is 9.78 Å². The lowest BCUT2D eigenvalue weighted by Gasteiger charge is -2.06. The summed E-state index contributed by atoms with van der Waals surface area (Å²) in [6, 6.07) is 11.6. The molecule has 0 unspecified atom stereocenters. The van der Waals surface area contributed by atoms with Crippen LogP contribution in [-0.2, 0) is 6.54 Å². The molecule has 0 aliphatic heterocycles. The molecular weight excluding hydrogens is 338 g/mol. The zero-order valence-electron chi connectivity index (χ0n) is 15.6. The summed E-state index contributed by atoms with van der Waals surface area (Å²) in [6.45, 7) is 7.04. The van der Waals surface area contributed by atoms with Gasteiger partial charge in [-0.2, -0.15) is 5.10 Å². The summed E-state index contributed by atoms with van der Waals surface area (Å²) in [5, 5.41) is 9.44. The van der Waals surface area contributed by atoms with E-state index in [-0.39, 0.29) is 5.91 Å². The van der Waals surface area contributed by atoms with Crippen molar-refractivity contribution in [2.45, 2.75) is 27.3 Å². The number of aromatic nitrogens is 4. The second-order valence-electron chi connectivity index (χ2n) is 7.13. The molecule has 136 valence electrons. The number of benzene rings is 1. The standard InChI is InChI=1S/C21H21N5O/c1-13(2)12-26-20-17(10-15-7-4-6-14(3)18(15)23-20)19(25-26)24-21(27)16-8-5-9-22-11-16/h4-11,13H,12H2,1-3H3,(H,24,25,27). The Labute approximate surface area is 157 Å². The number of fused-ring (bicyclic) bond motifs is 2. The van der Waals surface area contributed by atoms with Crippen molar-refractivity contribution in [3.05, 3.63) is 59.9 Å². The highest BCUT2D eigenvalue weighted by molar-refractivity contribution is 6.08. The van der Waals surface area contributed by atoms with Crippen LogP contribution in [0.3, 0.4) is 0 Å². The molecule has 27 heavy (non-hydrogen) atoms. The molecule has 3 heterocycles. The van der Waals surface area contributed by atoms with E-state index in [1.165, 1.54) is 0 Å². The van der Waals surface area contributed by atoms with E-state index in [4.69, 9.17) is 4.98 Å². The molecule has 4 aromatic rings. The Morgan fingerprint density at radius 3 is 2.81 bits per heavy atom. The molecular formula is C21H21N5O. The van der Waals surface area contributed by atoms with Crippen LogP contribution in [0.4, 0.5) is 5.82 Å². The number of aryl methyl sites for hydroxylation is 1. The Balaban J connectivity index is 1.85. The minimum atomic E-state index is -0.233. The van der Waals surface area contributed by atoms with Crippen LogP contribution < -0.4 is 5.32 Å². The summed E-state index contributed by atoms with van der Waals surface area (Å²) in [6.07, 6.45) is 3.18. The van der Waals surface area contributed by atoms with E-state index < -0.39 is 0 Å². The number of hydrogen-bond donors (Lipinski definition) is 1. The molecule has 0 atom stereocenters. The SMILES string of the molecule is Cc1cccc2cc3c(NC(=O)c4cccnc4)nn(CC(C)C)c3nc12. The summed E-state index contributed by atoms with van der Waals surface area (Å²) < 4.78 is 1.88. The van der Waals surface area contributed by atoms with Crippen molar-refractivity contribution in [1.82, 2.24) is 19.7 Å². The number of amides is 1. The molecule has 1 N–H and O–H groups in total. The highest BCUT2D eigenvalue weighted by Crippen LogP contribution is 2.28. The van der Waals surface area contributed by atoms with Gasteiger partial charge in [-0.1, -0.05) is 32.0 Å². The predicted octanol–water partition coefficient (Wildman–Crippen LogP) is 4.20. The van der Waals surface area contributed by atoms with Crippen LogP contribution in [0.2, 0.25) is 0 Å². The predicted molar refractivity (Wildman–Crippen MR) is 107 cm³/mol. The number of pyridine rings is 2. The number of hydrogen-bond acceptors (Lipinski definition) is 4. The van der Waals surface area contributed by atoms with Gasteiger partial charge in [0.15, 0.2) is 11.5 Å². The molecule has 0 spiro atoms. The number of carbonyl (C=O) groups is 1.